The summed E-state index contributed by atoms with van der Waals surface area (Å²) in [6.45, 7) is 5.95. The molecule has 1 aromatic rings. The molecule has 6 heteroatoms. The van der Waals surface area contributed by atoms with E-state index >= 15 is 0 Å². The van der Waals surface area contributed by atoms with Crippen LogP contribution in [0.1, 0.15) is 58.4 Å². The van der Waals surface area contributed by atoms with Crippen LogP contribution in [0.15, 0.2) is 30.3 Å². The summed E-state index contributed by atoms with van der Waals surface area (Å²) in [5, 5.41) is 20.0. The SMILES string of the molecule is CCOC(=O)C(N)C(C)C.O=C(O)C(O)(c1ccccc1)C1CCCCC1. The predicted octanol–water partition coefficient (Wildman–Crippen LogP) is 3.07. The minimum Gasteiger partial charge on any atom is -0.479 e. The first kappa shape index (κ1) is 23.1. The third-order valence-corrected chi connectivity index (χ3v) is 5.01. The molecule has 152 valence electrons. The van der Waals surface area contributed by atoms with E-state index in [1.165, 1.54) is 0 Å². The molecule has 2 rings (SSSR count). The Morgan fingerprint density at radius 1 is 1.19 bits per heavy atom. The van der Waals surface area contributed by atoms with Crippen molar-refractivity contribution in [2.45, 2.75) is 64.5 Å². The van der Waals surface area contributed by atoms with Crippen LogP contribution in [-0.4, -0.2) is 34.8 Å². The van der Waals surface area contributed by atoms with Crippen molar-refractivity contribution < 1.29 is 24.5 Å². The lowest BCUT2D eigenvalue weighted by atomic mass is 9.73. The molecule has 0 aromatic heterocycles. The zero-order chi connectivity index (χ0) is 20.4. The van der Waals surface area contributed by atoms with E-state index in [4.69, 9.17) is 10.5 Å². The number of benzene rings is 1. The molecule has 0 amide bonds. The van der Waals surface area contributed by atoms with Crippen LogP contribution in [0.5, 0.6) is 0 Å². The molecule has 1 aliphatic rings. The average Bonchev–Trinajstić information content (AvgIpc) is 2.68. The summed E-state index contributed by atoms with van der Waals surface area (Å²) in [6, 6.07) is 8.29. The second kappa shape index (κ2) is 11.0. The van der Waals surface area contributed by atoms with Gasteiger partial charge < -0.3 is 20.7 Å². The lowest BCUT2D eigenvalue weighted by Gasteiger charge is -2.35. The Kier molecular flexibility index (Phi) is 9.46. The molecular formula is C21H33NO5. The Hall–Kier alpha value is -1.92. The van der Waals surface area contributed by atoms with Crippen LogP contribution in [-0.2, 0) is 19.9 Å². The molecule has 0 radical (unpaired) electrons. The molecule has 1 aliphatic carbocycles. The number of carbonyl (C=O) groups excluding carboxylic acids is 1. The van der Waals surface area contributed by atoms with Crippen molar-refractivity contribution in [1.29, 1.82) is 0 Å². The van der Waals surface area contributed by atoms with Gasteiger partial charge in [0.25, 0.3) is 0 Å². The van der Waals surface area contributed by atoms with Crippen LogP contribution in [0.2, 0.25) is 0 Å². The Morgan fingerprint density at radius 3 is 2.19 bits per heavy atom. The molecule has 0 bridgehead atoms. The van der Waals surface area contributed by atoms with E-state index in [1.807, 2.05) is 19.9 Å². The van der Waals surface area contributed by atoms with Crippen LogP contribution in [0, 0.1) is 11.8 Å². The lowest BCUT2D eigenvalue weighted by molar-refractivity contribution is -0.168. The Balaban J connectivity index is 0.000000314. The van der Waals surface area contributed by atoms with E-state index in [-0.39, 0.29) is 17.8 Å². The number of carbonyl (C=O) groups is 2. The zero-order valence-electron chi connectivity index (χ0n) is 16.6. The molecule has 27 heavy (non-hydrogen) atoms. The lowest BCUT2D eigenvalue weighted by Crippen LogP contribution is -2.43. The summed E-state index contributed by atoms with van der Waals surface area (Å²) in [6.07, 6.45) is 4.73. The van der Waals surface area contributed by atoms with Crippen molar-refractivity contribution in [1.82, 2.24) is 0 Å². The summed E-state index contributed by atoms with van der Waals surface area (Å²) >= 11 is 0. The number of esters is 1. The maximum atomic E-state index is 11.5. The predicted molar refractivity (Wildman–Crippen MR) is 104 cm³/mol. The second-order valence-electron chi connectivity index (χ2n) is 7.29. The molecular weight excluding hydrogens is 346 g/mol. The van der Waals surface area contributed by atoms with Gasteiger partial charge in [0.1, 0.15) is 6.04 Å². The number of aliphatic hydroxyl groups is 1. The van der Waals surface area contributed by atoms with Crippen LogP contribution in [0.4, 0.5) is 0 Å². The summed E-state index contributed by atoms with van der Waals surface area (Å²) < 4.78 is 4.70. The van der Waals surface area contributed by atoms with Crippen LogP contribution in [0.25, 0.3) is 0 Å². The van der Waals surface area contributed by atoms with Crippen molar-refractivity contribution in [3.63, 3.8) is 0 Å². The number of hydrogen-bond donors (Lipinski definition) is 3. The van der Waals surface area contributed by atoms with E-state index in [9.17, 15) is 19.8 Å². The standard InChI is InChI=1S/C14H18O3.C7H15NO2/c15-13(16)14(17,11-7-3-1-4-8-11)12-9-5-2-6-10-12;1-4-10-7(9)6(8)5(2)3/h1,3-4,7-8,12,17H,2,5-6,9-10H2,(H,15,16);5-6H,4,8H2,1-3H3. The van der Waals surface area contributed by atoms with Gasteiger partial charge in [-0.15, -0.1) is 0 Å². The zero-order valence-corrected chi connectivity index (χ0v) is 16.6. The topological polar surface area (TPSA) is 110 Å². The summed E-state index contributed by atoms with van der Waals surface area (Å²) in [4.78, 5) is 22.3. The summed E-state index contributed by atoms with van der Waals surface area (Å²) in [5.74, 6) is -1.46. The first-order chi connectivity index (χ1) is 12.7. The highest BCUT2D eigenvalue weighted by Crippen LogP contribution is 2.39. The fourth-order valence-corrected chi connectivity index (χ4v) is 3.26. The van der Waals surface area contributed by atoms with Gasteiger partial charge in [0, 0.05) is 5.92 Å². The molecule has 4 N–H and O–H groups in total. The van der Waals surface area contributed by atoms with Crippen molar-refractivity contribution in [3.05, 3.63) is 35.9 Å². The van der Waals surface area contributed by atoms with Crippen molar-refractivity contribution in [2.75, 3.05) is 6.61 Å². The summed E-state index contributed by atoms with van der Waals surface area (Å²) in [7, 11) is 0. The molecule has 0 heterocycles. The number of ether oxygens (including phenoxy) is 1. The fourth-order valence-electron chi connectivity index (χ4n) is 3.26. The maximum absolute atomic E-state index is 11.5. The van der Waals surface area contributed by atoms with Gasteiger partial charge >= 0.3 is 11.9 Å². The maximum Gasteiger partial charge on any atom is 0.340 e. The van der Waals surface area contributed by atoms with E-state index < -0.39 is 17.6 Å². The molecule has 1 saturated carbocycles. The first-order valence-corrected chi connectivity index (χ1v) is 9.68. The number of aliphatic carboxylic acids is 1. The van der Waals surface area contributed by atoms with Gasteiger partial charge in [0.15, 0.2) is 5.60 Å². The smallest absolute Gasteiger partial charge is 0.340 e. The molecule has 2 atom stereocenters. The van der Waals surface area contributed by atoms with Gasteiger partial charge in [-0.25, -0.2) is 4.79 Å². The highest BCUT2D eigenvalue weighted by molar-refractivity contribution is 5.79. The molecule has 0 aliphatic heterocycles. The number of carboxylic acid groups (broad SMARTS) is 1. The average molecular weight is 379 g/mol. The fraction of sp³-hybridized carbons (Fsp3) is 0.619. The quantitative estimate of drug-likeness (QED) is 0.655. The largest absolute Gasteiger partial charge is 0.479 e. The summed E-state index contributed by atoms with van der Waals surface area (Å²) in [5.41, 5.74) is 4.25. The van der Waals surface area contributed by atoms with Gasteiger partial charge in [-0.2, -0.15) is 0 Å². The van der Waals surface area contributed by atoms with Gasteiger partial charge in [-0.1, -0.05) is 63.4 Å². The molecule has 1 aromatic carbocycles. The third-order valence-electron chi connectivity index (χ3n) is 5.01. The minimum absolute atomic E-state index is 0.152. The molecule has 6 nitrogen and oxygen atoms in total. The second-order valence-corrected chi connectivity index (χ2v) is 7.29. The normalized spacial score (nSPS) is 18.0. The Labute approximate surface area is 161 Å². The number of carboxylic acids is 1. The molecule has 1 fully saturated rings. The first-order valence-electron chi connectivity index (χ1n) is 9.68. The number of rotatable bonds is 6. The van der Waals surface area contributed by atoms with Crippen molar-refractivity contribution in [3.8, 4) is 0 Å². The van der Waals surface area contributed by atoms with Crippen LogP contribution in [0.3, 0.4) is 0 Å². The highest BCUT2D eigenvalue weighted by atomic mass is 16.5. The van der Waals surface area contributed by atoms with Gasteiger partial charge in [0.05, 0.1) is 6.61 Å². The monoisotopic (exact) mass is 379 g/mol. The van der Waals surface area contributed by atoms with Gasteiger partial charge in [-0.05, 0) is 31.2 Å². The number of nitrogens with two attached hydrogens (primary N) is 1. The van der Waals surface area contributed by atoms with E-state index in [0.717, 1.165) is 32.1 Å². The minimum atomic E-state index is -1.72. The molecule has 0 saturated heterocycles. The molecule has 0 spiro atoms. The van der Waals surface area contributed by atoms with Crippen LogP contribution >= 0.6 is 0 Å². The third kappa shape index (κ3) is 6.33. The Morgan fingerprint density at radius 2 is 1.74 bits per heavy atom. The highest BCUT2D eigenvalue weighted by Gasteiger charge is 2.45. The van der Waals surface area contributed by atoms with Crippen molar-refractivity contribution in [2.24, 2.45) is 17.6 Å². The van der Waals surface area contributed by atoms with Gasteiger partial charge in [0.2, 0.25) is 0 Å². The van der Waals surface area contributed by atoms with Gasteiger partial charge in [-0.3, -0.25) is 4.79 Å². The van der Waals surface area contributed by atoms with E-state index in [1.54, 1.807) is 31.2 Å². The van der Waals surface area contributed by atoms with E-state index in [0.29, 0.717) is 12.2 Å². The Bertz CT molecular complexity index is 583. The van der Waals surface area contributed by atoms with Crippen LogP contribution < -0.4 is 5.73 Å². The van der Waals surface area contributed by atoms with E-state index in [2.05, 4.69) is 0 Å². The molecule has 2 unspecified atom stereocenters. The van der Waals surface area contributed by atoms with Crippen molar-refractivity contribution >= 4 is 11.9 Å². The number of hydrogen-bond acceptors (Lipinski definition) is 5.